The van der Waals surface area contributed by atoms with E-state index in [0.717, 1.165) is 22.9 Å². The molecule has 0 spiro atoms. The van der Waals surface area contributed by atoms with Crippen LogP contribution in [-0.4, -0.2) is 26.4 Å². The molecule has 1 fully saturated rings. The van der Waals surface area contributed by atoms with E-state index in [-0.39, 0.29) is 0 Å². The summed E-state index contributed by atoms with van der Waals surface area (Å²) >= 11 is 6.00. The second kappa shape index (κ2) is 5.14. The third kappa shape index (κ3) is 2.63. The molecule has 2 unspecified atom stereocenters. The third-order valence-electron chi connectivity index (χ3n) is 4.19. The zero-order chi connectivity index (χ0) is 13.4. The Bertz CT molecular complexity index is 568. The summed E-state index contributed by atoms with van der Waals surface area (Å²) in [6, 6.07) is 5.11. The molecule has 4 heteroatoms. The number of fused-ring (bicyclic) bond motifs is 1. The van der Waals surface area contributed by atoms with Crippen molar-refractivity contribution in [2.45, 2.75) is 51.7 Å². The van der Waals surface area contributed by atoms with Crippen LogP contribution in [0, 0.1) is 0 Å². The van der Waals surface area contributed by atoms with Gasteiger partial charge in [0.1, 0.15) is 5.65 Å². The molecule has 0 N–H and O–H groups in total. The van der Waals surface area contributed by atoms with Crippen LogP contribution in [0.15, 0.2) is 24.5 Å². The highest BCUT2D eigenvalue weighted by Gasteiger charge is 2.25. The zero-order valence-corrected chi connectivity index (χ0v) is 12.3. The van der Waals surface area contributed by atoms with Gasteiger partial charge in [-0.1, -0.05) is 18.0 Å². The number of nitrogens with zero attached hydrogens (tertiary/aromatic N) is 3. The van der Waals surface area contributed by atoms with Crippen molar-refractivity contribution in [3.63, 3.8) is 0 Å². The molecule has 0 radical (unpaired) electrons. The Morgan fingerprint density at radius 2 is 2.05 bits per heavy atom. The van der Waals surface area contributed by atoms with Crippen LogP contribution in [0.4, 0.5) is 0 Å². The van der Waals surface area contributed by atoms with Crippen molar-refractivity contribution in [1.82, 2.24) is 14.3 Å². The third-order valence-corrected chi connectivity index (χ3v) is 4.43. The number of imidazole rings is 1. The molecule has 2 aromatic rings. The Labute approximate surface area is 119 Å². The Morgan fingerprint density at radius 3 is 2.79 bits per heavy atom. The fourth-order valence-electron chi connectivity index (χ4n) is 3.06. The van der Waals surface area contributed by atoms with E-state index < -0.39 is 0 Å². The van der Waals surface area contributed by atoms with Crippen LogP contribution in [0.3, 0.4) is 0 Å². The van der Waals surface area contributed by atoms with Gasteiger partial charge < -0.3 is 4.40 Å². The van der Waals surface area contributed by atoms with Gasteiger partial charge in [-0.3, -0.25) is 4.90 Å². The van der Waals surface area contributed by atoms with Gasteiger partial charge in [0.25, 0.3) is 0 Å². The Balaban J connectivity index is 1.84. The largest absolute Gasteiger partial charge is 0.307 e. The lowest BCUT2D eigenvalue weighted by Gasteiger charge is -2.38. The van der Waals surface area contributed by atoms with Crippen LogP contribution >= 0.6 is 11.6 Å². The van der Waals surface area contributed by atoms with Crippen molar-refractivity contribution in [3.8, 4) is 0 Å². The lowest BCUT2D eigenvalue weighted by atomic mass is 9.97. The van der Waals surface area contributed by atoms with Crippen molar-refractivity contribution >= 4 is 17.2 Å². The quantitative estimate of drug-likeness (QED) is 0.833. The van der Waals surface area contributed by atoms with E-state index in [1.807, 2.05) is 22.7 Å². The first kappa shape index (κ1) is 12.9. The van der Waals surface area contributed by atoms with Gasteiger partial charge in [-0.15, -0.1) is 0 Å². The summed E-state index contributed by atoms with van der Waals surface area (Å²) in [5, 5.41) is 0.740. The Hall–Kier alpha value is -1.06. The molecule has 3 nitrogen and oxygen atoms in total. The molecule has 2 atom stereocenters. The number of hydrogen-bond donors (Lipinski definition) is 0. The van der Waals surface area contributed by atoms with Crippen LogP contribution in [0.2, 0.25) is 5.02 Å². The SMILES string of the molecule is CC1CCCC(C)N1Cc1cn2ccc(Cl)cc2n1. The van der Waals surface area contributed by atoms with Crippen molar-refractivity contribution in [3.05, 3.63) is 35.2 Å². The van der Waals surface area contributed by atoms with Gasteiger partial charge in [-0.2, -0.15) is 0 Å². The second-order valence-corrected chi connectivity index (χ2v) is 6.08. The average molecular weight is 278 g/mol. The number of rotatable bonds is 2. The highest BCUT2D eigenvalue weighted by molar-refractivity contribution is 6.30. The van der Waals surface area contributed by atoms with Gasteiger partial charge in [-0.05, 0) is 38.8 Å². The molecule has 2 aromatic heterocycles. The minimum Gasteiger partial charge on any atom is -0.307 e. The second-order valence-electron chi connectivity index (χ2n) is 5.64. The maximum atomic E-state index is 6.00. The Morgan fingerprint density at radius 1 is 1.32 bits per heavy atom. The number of hydrogen-bond acceptors (Lipinski definition) is 2. The van der Waals surface area contributed by atoms with Crippen LogP contribution in [0.5, 0.6) is 0 Å². The summed E-state index contributed by atoms with van der Waals surface area (Å²) in [6.45, 7) is 5.58. The minimum atomic E-state index is 0.650. The summed E-state index contributed by atoms with van der Waals surface area (Å²) in [5.74, 6) is 0. The van der Waals surface area contributed by atoms with E-state index in [0.29, 0.717) is 12.1 Å². The van der Waals surface area contributed by atoms with Gasteiger partial charge in [0.05, 0.1) is 5.69 Å². The highest BCUT2D eigenvalue weighted by Crippen LogP contribution is 2.24. The fraction of sp³-hybridized carbons (Fsp3) is 0.533. The normalized spacial score (nSPS) is 25.0. The molecule has 0 amide bonds. The molecule has 1 aliphatic heterocycles. The lowest BCUT2D eigenvalue weighted by Crippen LogP contribution is -2.43. The topological polar surface area (TPSA) is 20.5 Å². The molecular formula is C15H20ClN3. The lowest BCUT2D eigenvalue weighted by molar-refractivity contribution is 0.0940. The fourth-order valence-corrected chi connectivity index (χ4v) is 3.21. The summed E-state index contributed by atoms with van der Waals surface area (Å²) in [4.78, 5) is 7.24. The number of likely N-dealkylation sites (tertiary alicyclic amines) is 1. The first-order valence-corrected chi connectivity index (χ1v) is 7.40. The predicted octanol–water partition coefficient (Wildman–Crippen LogP) is 3.75. The van der Waals surface area contributed by atoms with Crippen LogP contribution < -0.4 is 0 Å². The number of pyridine rings is 1. The maximum absolute atomic E-state index is 6.00. The smallest absolute Gasteiger partial charge is 0.138 e. The van der Waals surface area contributed by atoms with Gasteiger partial charge in [-0.25, -0.2) is 4.98 Å². The van der Waals surface area contributed by atoms with Crippen LogP contribution in [-0.2, 0) is 6.54 Å². The molecule has 3 heterocycles. The highest BCUT2D eigenvalue weighted by atomic mass is 35.5. The van der Waals surface area contributed by atoms with E-state index in [2.05, 4.69) is 29.9 Å². The molecule has 0 saturated carbocycles. The first-order chi connectivity index (χ1) is 9.13. The van der Waals surface area contributed by atoms with Crippen LogP contribution in [0.1, 0.15) is 38.8 Å². The van der Waals surface area contributed by atoms with E-state index >= 15 is 0 Å². The van der Waals surface area contributed by atoms with Gasteiger partial charge in [0.15, 0.2) is 0 Å². The summed E-state index contributed by atoms with van der Waals surface area (Å²) in [7, 11) is 0. The van der Waals surface area contributed by atoms with E-state index in [1.54, 1.807) is 0 Å². The molecule has 0 bridgehead atoms. The maximum Gasteiger partial charge on any atom is 0.138 e. The molecule has 0 aromatic carbocycles. The summed E-state index contributed by atoms with van der Waals surface area (Å²) in [6.07, 6.45) is 8.02. The Kier molecular flexibility index (Phi) is 3.50. The van der Waals surface area contributed by atoms with Crippen LogP contribution in [0.25, 0.3) is 5.65 Å². The molecule has 102 valence electrons. The number of halogens is 1. The molecule has 1 saturated heterocycles. The average Bonchev–Trinajstić information content (AvgIpc) is 2.75. The van der Waals surface area contributed by atoms with Gasteiger partial charge >= 0.3 is 0 Å². The van der Waals surface area contributed by atoms with Gasteiger partial charge in [0.2, 0.25) is 0 Å². The standard InChI is InChI=1S/C15H20ClN3/c1-11-4-3-5-12(2)19(11)10-14-9-18-7-6-13(16)8-15(18)17-14/h6-9,11-12H,3-5,10H2,1-2H3. The molecule has 1 aliphatic rings. The van der Waals surface area contributed by atoms with E-state index in [9.17, 15) is 0 Å². The predicted molar refractivity (Wildman–Crippen MR) is 78.5 cm³/mol. The van der Waals surface area contributed by atoms with E-state index in [4.69, 9.17) is 11.6 Å². The molecular weight excluding hydrogens is 258 g/mol. The monoisotopic (exact) mass is 277 g/mol. The molecule has 0 aliphatic carbocycles. The summed E-state index contributed by atoms with van der Waals surface area (Å²) in [5.41, 5.74) is 2.06. The number of piperidine rings is 1. The van der Waals surface area contributed by atoms with Crippen molar-refractivity contribution in [1.29, 1.82) is 0 Å². The first-order valence-electron chi connectivity index (χ1n) is 7.02. The zero-order valence-electron chi connectivity index (χ0n) is 11.5. The van der Waals surface area contributed by atoms with Crippen molar-refractivity contribution < 1.29 is 0 Å². The van der Waals surface area contributed by atoms with Crippen molar-refractivity contribution in [2.75, 3.05) is 0 Å². The minimum absolute atomic E-state index is 0.650. The van der Waals surface area contributed by atoms with Crippen molar-refractivity contribution in [2.24, 2.45) is 0 Å². The molecule has 3 rings (SSSR count). The molecule has 19 heavy (non-hydrogen) atoms. The summed E-state index contributed by atoms with van der Waals surface area (Å²) < 4.78 is 2.04. The van der Waals surface area contributed by atoms with E-state index in [1.165, 1.54) is 19.3 Å². The number of aromatic nitrogens is 2. The van der Waals surface area contributed by atoms with Gasteiger partial charge in [0, 0.05) is 36.0 Å².